The number of H-pyrrole nitrogens is 2. The Morgan fingerprint density at radius 2 is 2.04 bits per heavy atom. The van der Waals surface area contributed by atoms with E-state index in [1.165, 1.54) is 6.07 Å². The fourth-order valence-electron chi connectivity index (χ4n) is 3.27. The molecule has 0 saturated heterocycles. The molecular formula is C21H18F2N4O. The smallest absolute Gasteiger partial charge is 0.253 e. The van der Waals surface area contributed by atoms with Crippen LogP contribution in [0.25, 0.3) is 33.5 Å². The Morgan fingerprint density at radius 1 is 1.18 bits per heavy atom. The molecule has 0 spiro atoms. The molecule has 1 amide bonds. The maximum atomic E-state index is 14.6. The first kappa shape index (κ1) is 17.9. The Kier molecular flexibility index (Phi) is 4.65. The third-order valence-corrected chi connectivity index (χ3v) is 4.59. The average molecular weight is 380 g/mol. The number of carbonyl (C=O) groups is 1. The van der Waals surface area contributed by atoms with Gasteiger partial charge in [0.2, 0.25) is 0 Å². The van der Waals surface area contributed by atoms with E-state index in [4.69, 9.17) is 0 Å². The molecule has 0 radical (unpaired) electrons. The van der Waals surface area contributed by atoms with Crippen molar-refractivity contribution >= 4 is 16.9 Å². The number of hydrogen-bond acceptors (Lipinski definition) is 2. The number of alkyl halides is 1. The van der Waals surface area contributed by atoms with Gasteiger partial charge in [0.1, 0.15) is 18.1 Å². The average Bonchev–Trinajstić information content (AvgIpc) is 3.33. The van der Waals surface area contributed by atoms with E-state index in [9.17, 15) is 13.6 Å². The van der Waals surface area contributed by atoms with E-state index in [0.29, 0.717) is 17.0 Å². The molecule has 0 fully saturated rings. The first-order valence-corrected chi connectivity index (χ1v) is 8.84. The van der Waals surface area contributed by atoms with Crippen molar-refractivity contribution < 1.29 is 13.6 Å². The second kappa shape index (κ2) is 7.26. The van der Waals surface area contributed by atoms with Gasteiger partial charge < -0.3 is 15.3 Å². The van der Waals surface area contributed by atoms with Gasteiger partial charge >= 0.3 is 0 Å². The number of rotatable bonds is 5. The van der Waals surface area contributed by atoms with Gasteiger partial charge in [0, 0.05) is 41.1 Å². The van der Waals surface area contributed by atoms with Crippen molar-refractivity contribution in [1.29, 1.82) is 0 Å². The molecule has 0 aliphatic rings. The summed E-state index contributed by atoms with van der Waals surface area (Å²) in [5.41, 5.74) is 3.84. The molecule has 28 heavy (non-hydrogen) atoms. The number of nitrogens with zero attached hydrogens (tertiary/aromatic N) is 1. The molecule has 7 heteroatoms. The third kappa shape index (κ3) is 3.15. The van der Waals surface area contributed by atoms with Crippen LogP contribution in [-0.4, -0.2) is 34.1 Å². The van der Waals surface area contributed by atoms with Crippen molar-refractivity contribution in [1.82, 2.24) is 20.3 Å². The summed E-state index contributed by atoms with van der Waals surface area (Å²) in [6.07, 6.45) is 3.43. The molecule has 4 rings (SSSR count). The number of aryl methyl sites for hydroxylation is 1. The third-order valence-electron chi connectivity index (χ3n) is 4.59. The van der Waals surface area contributed by atoms with Crippen molar-refractivity contribution in [2.45, 2.75) is 6.92 Å². The number of hydrogen-bond donors (Lipinski definition) is 3. The van der Waals surface area contributed by atoms with E-state index in [1.807, 2.05) is 12.1 Å². The number of aromatic amines is 2. The molecule has 4 aromatic rings. The van der Waals surface area contributed by atoms with Crippen molar-refractivity contribution in [2.24, 2.45) is 0 Å². The molecular weight excluding hydrogens is 362 g/mol. The van der Waals surface area contributed by atoms with Crippen LogP contribution in [0.2, 0.25) is 0 Å². The zero-order valence-corrected chi connectivity index (χ0v) is 15.1. The lowest BCUT2D eigenvalue weighted by Crippen LogP contribution is -2.25. The summed E-state index contributed by atoms with van der Waals surface area (Å²) in [7, 11) is 0. The number of aromatic nitrogens is 3. The molecule has 0 atom stereocenters. The van der Waals surface area contributed by atoms with Gasteiger partial charge in [-0.1, -0.05) is 6.07 Å². The largest absolute Gasteiger partial charge is 0.354 e. The minimum Gasteiger partial charge on any atom is -0.354 e. The standard InChI is InChI=1S/C21H18F2N4O/c1-12-2-3-15(17(23)10-12)19-16(21(28)26-9-6-22)11-18(27-19)13-4-7-24-20-14(13)5-8-25-20/h2-5,7-8,10-11,27H,6,9H2,1H3,(H,24,25)(H,26,28). The van der Waals surface area contributed by atoms with Gasteiger partial charge in [-0.05, 0) is 42.8 Å². The van der Waals surface area contributed by atoms with Crippen LogP contribution in [0.15, 0.2) is 48.8 Å². The lowest BCUT2D eigenvalue weighted by atomic mass is 10.0. The van der Waals surface area contributed by atoms with Crippen LogP contribution in [0.5, 0.6) is 0 Å². The van der Waals surface area contributed by atoms with Crippen LogP contribution < -0.4 is 5.32 Å². The molecule has 0 unspecified atom stereocenters. The lowest BCUT2D eigenvalue weighted by Gasteiger charge is -2.07. The van der Waals surface area contributed by atoms with Crippen LogP contribution in [0.4, 0.5) is 8.78 Å². The number of halogens is 2. The highest BCUT2D eigenvalue weighted by atomic mass is 19.1. The maximum absolute atomic E-state index is 14.6. The summed E-state index contributed by atoms with van der Waals surface area (Å²) in [5, 5.41) is 3.38. The number of fused-ring (bicyclic) bond motifs is 1. The van der Waals surface area contributed by atoms with E-state index in [0.717, 1.165) is 16.5 Å². The van der Waals surface area contributed by atoms with E-state index in [-0.39, 0.29) is 17.7 Å². The topological polar surface area (TPSA) is 73.6 Å². The van der Waals surface area contributed by atoms with E-state index in [1.54, 1.807) is 37.5 Å². The van der Waals surface area contributed by atoms with Gasteiger partial charge in [-0.3, -0.25) is 4.79 Å². The monoisotopic (exact) mass is 380 g/mol. The number of benzene rings is 1. The molecule has 0 bridgehead atoms. The Balaban J connectivity index is 1.89. The highest BCUT2D eigenvalue weighted by molar-refractivity contribution is 6.03. The van der Waals surface area contributed by atoms with Crippen LogP contribution in [0.3, 0.4) is 0 Å². The van der Waals surface area contributed by atoms with E-state index in [2.05, 4.69) is 20.3 Å². The molecule has 3 N–H and O–H groups in total. The first-order valence-electron chi connectivity index (χ1n) is 8.84. The highest BCUT2D eigenvalue weighted by Crippen LogP contribution is 2.33. The Labute approximate surface area is 159 Å². The maximum Gasteiger partial charge on any atom is 0.253 e. The van der Waals surface area contributed by atoms with Gasteiger partial charge in [-0.2, -0.15) is 0 Å². The molecule has 1 aromatic carbocycles. The number of carbonyl (C=O) groups excluding carboxylic acids is 1. The lowest BCUT2D eigenvalue weighted by molar-refractivity contribution is 0.0951. The van der Waals surface area contributed by atoms with Gasteiger partial charge in [0.25, 0.3) is 5.91 Å². The van der Waals surface area contributed by atoms with Crippen LogP contribution in [-0.2, 0) is 0 Å². The minimum atomic E-state index is -0.675. The number of amides is 1. The summed E-state index contributed by atoms with van der Waals surface area (Å²) >= 11 is 0. The molecule has 142 valence electrons. The van der Waals surface area contributed by atoms with Gasteiger partial charge in [-0.25, -0.2) is 13.8 Å². The zero-order valence-electron chi connectivity index (χ0n) is 15.1. The fraction of sp³-hybridized carbons (Fsp3) is 0.143. The first-order chi connectivity index (χ1) is 13.6. The van der Waals surface area contributed by atoms with Crippen molar-refractivity contribution in [3.05, 3.63) is 65.7 Å². The van der Waals surface area contributed by atoms with Crippen molar-refractivity contribution in [2.75, 3.05) is 13.2 Å². The van der Waals surface area contributed by atoms with Crippen LogP contribution >= 0.6 is 0 Å². The van der Waals surface area contributed by atoms with E-state index >= 15 is 0 Å². The second-order valence-corrected chi connectivity index (χ2v) is 6.50. The summed E-state index contributed by atoms with van der Waals surface area (Å²) in [4.78, 5) is 23.1. The Bertz CT molecular complexity index is 1160. The molecule has 3 heterocycles. The normalized spacial score (nSPS) is 11.1. The predicted octanol–water partition coefficient (Wildman–Crippen LogP) is 4.37. The number of nitrogens with one attached hydrogen (secondary N) is 3. The van der Waals surface area contributed by atoms with Crippen molar-refractivity contribution in [3.8, 4) is 22.5 Å². The molecule has 0 aliphatic carbocycles. The van der Waals surface area contributed by atoms with E-state index < -0.39 is 18.4 Å². The van der Waals surface area contributed by atoms with Crippen molar-refractivity contribution in [3.63, 3.8) is 0 Å². The number of pyridine rings is 1. The van der Waals surface area contributed by atoms with Crippen LogP contribution in [0.1, 0.15) is 15.9 Å². The highest BCUT2D eigenvalue weighted by Gasteiger charge is 2.20. The summed E-state index contributed by atoms with van der Waals surface area (Å²) in [6.45, 7) is 1.01. The zero-order chi connectivity index (χ0) is 19.7. The van der Waals surface area contributed by atoms with Gasteiger partial charge in [0.05, 0.1) is 11.3 Å². The molecule has 5 nitrogen and oxygen atoms in total. The van der Waals surface area contributed by atoms with Crippen LogP contribution in [0, 0.1) is 12.7 Å². The minimum absolute atomic E-state index is 0.105. The quantitative estimate of drug-likeness (QED) is 0.481. The van der Waals surface area contributed by atoms with Gasteiger partial charge in [0.15, 0.2) is 0 Å². The van der Waals surface area contributed by atoms with Gasteiger partial charge in [-0.15, -0.1) is 0 Å². The molecule has 0 saturated carbocycles. The summed E-state index contributed by atoms with van der Waals surface area (Å²) in [6, 6.07) is 10.2. The Morgan fingerprint density at radius 3 is 2.82 bits per heavy atom. The fourth-order valence-corrected chi connectivity index (χ4v) is 3.27. The molecule has 0 aliphatic heterocycles. The summed E-state index contributed by atoms with van der Waals surface area (Å²) in [5.74, 6) is -0.899. The molecule has 3 aromatic heterocycles. The second-order valence-electron chi connectivity index (χ2n) is 6.50. The Hall–Kier alpha value is -3.48. The summed E-state index contributed by atoms with van der Waals surface area (Å²) < 4.78 is 27.1. The predicted molar refractivity (Wildman–Crippen MR) is 104 cm³/mol. The SMILES string of the molecule is Cc1ccc(-c2[nH]c(-c3ccnc4[nH]ccc34)cc2C(=O)NCCF)c(F)c1.